The summed E-state index contributed by atoms with van der Waals surface area (Å²) in [5.41, 5.74) is 1.51. The fourth-order valence-electron chi connectivity index (χ4n) is 3.93. The molecule has 0 aliphatic carbocycles. The molecule has 0 aliphatic heterocycles. The van der Waals surface area contributed by atoms with Crippen LogP contribution in [0.3, 0.4) is 0 Å². The van der Waals surface area contributed by atoms with Gasteiger partial charge in [-0.1, -0.05) is 17.7 Å². The number of aromatic nitrogens is 6. The zero-order chi connectivity index (χ0) is 26.8. The molecule has 11 nitrogen and oxygen atoms in total. The molecular weight excluding hydrogens is 510 g/mol. The number of aromatic amines is 1. The fraction of sp³-hybridized carbons (Fsp3) is 0.192. The summed E-state index contributed by atoms with van der Waals surface area (Å²) in [6.07, 6.45) is 1.44. The van der Waals surface area contributed by atoms with Crippen LogP contribution in [-0.2, 0) is 0 Å². The molecule has 0 spiro atoms. The summed E-state index contributed by atoms with van der Waals surface area (Å²) >= 11 is 6.15. The van der Waals surface area contributed by atoms with Crippen molar-refractivity contribution in [3.8, 4) is 23.1 Å². The summed E-state index contributed by atoms with van der Waals surface area (Å²) in [4.78, 5) is 33.4. The Balaban J connectivity index is 1.52. The van der Waals surface area contributed by atoms with Crippen LogP contribution in [0.4, 0.5) is 5.82 Å². The van der Waals surface area contributed by atoms with Crippen molar-refractivity contribution in [2.24, 2.45) is 0 Å². The van der Waals surface area contributed by atoms with E-state index in [4.69, 9.17) is 21.1 Å². The third-order valence-electron chi connectivity index (χ3n) is 5.56. The zero-order valence-electron chi connectivity index (χ0n) is 20.9. The number of amides is 1. The van der Waals surface area contributed by atoms with Gasteiger partial charge in [-0.25, -0.2) is 4.68 Å². The van der Waals surface area contributed by atoms with Gasteiger partial charge in [0.1, 0.15) is 11.2 Å². The Labute approximate surface area is 222 Å². The number of anilines is 1. The van der Waals surface area contributed by atoms with E-state index in [0.717, 1.165) is 0 Å². The minimum atomic E-state index is -0.406. The number of halogens is 1. The second-order valence-corrected chi connectivity index (χ2v) is 8.66. The number of nitrogens with zero attached hydrogens (tertiary/aromatic N) is 5. The van der Waals surface area contributed by atoms with Crippen LogP contribution < -0.4 is 20.3 Å². The lowest BCUT2D eigenvalue weighted by atomic mass is 10.2. The van der Waals surface area contributed by atoms with Crippen molar-refractivity contribution in [2.75, 3.05) is 18.5 Å². The van der Waals surface area contributed by atoms with Crippen molar-refractivity contribution >= 4 is 34.4 Å². The topological polar surface area (TPSA) is 129 Å². The molecule has 2 N–H and O–H groups in total. The summed E-state index contributed by atoms with van der Waals surface area (Å²) in [5, 5.41) is 12.4. The van der Waals surface area contributed by atoms with Gasteiger partial charge in [0.05, 0.1) is 30.8 Å². The number of aryl methyl sites for hydroxylation is 1. The van der Waals surface area contributed by atoms with E-state index < -0.39 is 11.5 Å². The highest BCUT2D eigenvalue weighted by Gasteiger charge is 2.18. The van der Waals surface area contributed by atoms with E-state index in [1.165, 1.54) is 15.6 Å². The molecule has 5 aromatic rings. The minimum Gasteiger partial charge on any atom is -0.490 e. The average molecular weight is 534 g/mol. The minimum absolute atomic E-state index is 0.108. The van der Waals surface area contributed by atoms with E-state index in [2.05, 4.69) is 25.5 Å². The first-order valence-electron chi connectivity index (χ1n) is 11.9. The Kier molecular flexibility index (Phi) is 6.84. The highest BCUT2D eigenvalue weighted by atomic mass is 35.5. The van der Waals surface area contributed by atoms with Crippen LogP contribution in [0.2, 0.25) is 5.02 Å². The quantitative estimate of drug-likeness (QED) is 0.304. The molecule has 0 atom stereocenters. The second kappa shape index (κ2) is 10.4. The number of hydrogen-bond acceptors (Lipinski definition) is 7. The van der Waals surface area contributed by atoms with Gasteiger partial charge in [-0.15, -0.1) is 0 Å². The first-order valence-corrected chi connectivity index (χ1v) is 12.3. The molecule has 1 amide bonds. The van der Waals surface area contributed by atoms with Gasteiger partial charge in [0, 0.05) is 16.7 Å². The first-order chi connectivity index (χ1) is 18.4. The van der Waals surface area contributed by atoms with Crippen LogP contribution in [0.15, 0.2) is 59.5 Å². The maximum absolute atomic E-state index is 13.2. The summed E-state index contributed by atoms with van der Waals surface area (Å²) in [5.74, 6) is 1.05. The maximum Gasteiger partial charge on any atom is 0.263 e. The Hall–Kier alpha value is -4.64. The summed E-state index contributed by atoms with van der Waals surface area (Å²) in [6, 6.07) is 13.7. The normalized spacial score (nSPS) is 11.1. The van der Waals surface area contributed by atoms with Gasteiger partial charge in [-0.05, 0) is 57.2 Å². The van der Waals surface area contributed by atoms with Gasteiger partial charge in [0.25, 0.3) is 11.5 Å². The summed E-state index contributed by atoms with van der Waals surface area (Å²) in [6.45, 7) is 6.38. The number of nitrogens with one attached hydrogen (secondary N) is 2. The lowest BCUT2D eigenvalue weighted by Crippen LogP contribution is -2.19. The number of H-pyrrole nitrogens is 1. The van der Waals surface area contributed by atoms with Gasteiger partial charge < -0.3 is 14.8 Å². The molecular formula is C26H24ClN7O4. The van der Waals surface area contributed by atoms with Crippen LogP contribution in [0.1, 0.15) is 29.9 Å². The number of benzene rings is 2. The van der Waals surface area contributed by atoms with Crippen LogP contribution in [0.5, 0.6) is 11.5 Å². The molecule has 0 saturated carbocycles. The standard InChI is InChI=1S/C26H24ClN7O4/c1-4-37-20-10-9-16(12-21(20)38-5-2)24(35)29-22-11-15(3)32-34(22)26-30-23-19(25(36)31-26)14-28-33(23)18-8-6-7-17(27)13-18/h6-14H,4-5H2,1-3H3,(H,29,35)(H,30,31,36). The Morgan fingerprint density at radius 2 is 1.84 bits per heavy atom. The molecule has 0 radical (unpaired) electrons. The van der Waals surface area contributed by atoms with Crippen LogP contribution in [0, 0.1) is 6.92 Å². The molecule has 0 fully saturated rings. The molecule has 38 heavy (non-hydrogen) atoms. The SMILES string of the molecule is CCOc1ccc(C(=O)Nc2cc(C)nn2-c2nc3c(cnn3-c3cccc(Cl)c3)c(=O)[nH]2)cc1OCC. The van der Waals surface area contributed by atoms with Gasteiger partial charge >= 0.3 is 0 Å². The second-order valence-electron chi connectivity index (χ2n) is 8.23. The number of carbonyl (C=O) groups excluding carboxylic acids is 1. The molecule has 194 valence electrons. The maximum atomic E-state index is 13.2. The predicted octanol–water partition coefficient (Wildman–Crippen LogP) is 4.31. The fourth-order valence-corrected chi connectivity index (χ4v) is 4.12. The molecule has 0 aliphatic rings. The molecule has 0 saturated heterocycles. The monoisotopic (exact) mass is 533 g/mol. The largest absolute Gasteiger partial charge is 0.490 e. The lowest BCUT2D eigenvalue weighted by molar-refractivity contribution is 0.102. The summed E-state index contributed by atoms with van der Waals surface area (Å²) in [7, 11) is 0. The predicted molar refractivity (Wildman–Crippen MR) is 143 cm³/mol. The third kappa shape index (κ3) is 4.83. The van der Waals surface area contributed by atoms with Crippen LogP contribution >= 0.6 is 11.6 Å². The van der Waals surface area contributed by atoms with Crippen molar-refractivity contribution in [3.05, 3.63) is 81.4 Å². The average Bonchev–Trinajstić information content (AvgIpc) is 3.49. The van der Waals surface area contributed by atoms with Gasteiger partial charge in [0.15, 0.2) is 17.1 Å². The molecule has 3 aromatic heterocycles. The van der Waals surface area contributed by atoms with Gasteiger partial charge in [0.2, 0.25) is 5.95 Å². The molecule has 0 bridgehead atoms. The summed E-state index contributed by atoms with van der Waals surface area (Å²) < 4.78 is 14.1. The Morgan fingerprint density at radius 3 is 2.61 bits per heavy atom. The highest BCUT2D eigenvalue weighted by Crippen LogP contribution is 2.29. The number of hydrogen-bond donors (Lipinski definition) is 2. The van der Waals surface area contributed by atoms with Gasteiger partial charge in [-0.2, -0.15) is 19.9 Å². The number of fused-ring (bicyclic) bond motifs is 1. The molecule has 12 heteroatoms. The number of ether oxygens (including phenoxy) is 2. The Bertz CT molecular complexity index is 1710. The lowest BCUT2D eigenvalue weighted by Gasteiger charge is -2.13. The molecule has 5 rings (SSSR count). The number of rotatable bonds is 8. The van der Waals surface area contributed by atoms with Crippen LogP contribution in [0.25, 0.3) is 22.7 Å². The van der Waals surface area contributed by atoms with Crippen molar-refractivity contribution in [3.63, 3.8) is 0 Å². The van der Waals surface area contributed by atoms with E-state index >= 15 is 0 Å². The molecule has 3 heterocycles. The van der Waals surface area contributed by atoms with Gasteiger partial charge in [-0.3, -0.25) is 14.6 Å². The molecule has 0 unspecified atom stereocenters. The van der Waals surface area contributed by atoms with E-state index in [-0.39, 0.29) is 5.95 Å². The third-order valence-corrected chi connectivity index (χ3v) is 5.79. The van der Waals surface area contributed by atoms with Crippen molar-refractivity contribution in [1.82, 2.24) is 29.5 Å². The van der Waals surface area contributed by atoms with Crippen molar-refractivity contribution in [1.29, 1.82) is 0 Å². The Morgan fingerprint density at radius 1 is 1.05 bits per heavy atom. The van der Waals surface area contributed by atoms with Crippen LogP contribution in [-0.4, -0.2) is 48.6 Å². The van der Waals surface area contributed by atoms with E-state index in [9.17, 15) is 9.59 Å². The van der Waals surface area contributed by atoms with E-state index in [0.29, 0.717) is 63.5 Å². The zero-order valence-corrected chi connectivity index (χ0v) is 21.6. The highest BCUT2D eigenvalue weighted by molar-refractivity contribution is 6.30. The van der Waals surface area contributed by atoms with Crippen molar-refractivity contribution < 1.29 is 14.3 Å². The first kappa shape index (κ1) is 25.0. The van der Waals surface area contributed by atoms with Crippen molar-refractivity contribution in [2.45, 2.75) is 20.8 Å². The number of carbonyl (C=O) groups is 1. The van der Waals surface area contributed by atoms with E-state index in [1.807, 2.05) is 13.8 Å². The van der Waals surface area contributed by atoms with E-state index in [1.54, 1.807) is 55.5 Å². The molecule has 2 aromatic carbocycles. The smallest absolute Gasteiger partial charge is 0.263 e.